The van der Waals surface area contributed by atoms with Gasteiger partial charge in [0.2, 0.25) is 5.91 Å². The number of amides is 2. The van der Waals surface area contributed by atoms with Gasteiger partial charge in [-0.3, -0.25) is 9.59 Å². The summed E-state index contributed by atoms with van der Waals surface area (Å²) in [6, 6.07) is 10.8. The Morgan fingerprint density at radius 2 is 1.71 bits per heavy atom. The minimum atomic E-state index is -0.603. The van der Waals surface area contributed by atoms with E-state index in [0.717, 1.165) is 0 Å². The molecule has 21 heavy (non-hydrogen) atoms. The Hall–Kier alpha value is -2.21. The summed E-state index contributed by atoms with van der Waals surface area (Å²) in [6.07, 6.45) is 0. The second kappa shape index (κ2) is 6.49. The van der Waals surface area contributed by atoms with Gasteiger partial charge in [0.1, 0.15) is 5.82 Å². The predicted octanol–water partition coefficient (Wildman–Crippen LogP) is 3.80. The molecule has 0 spiro atoms. The summed E-state index contributed by atoms with van der Waals surface area (Å²) < 4.78 is 14.2. The zero-order valence-electron chi connectivity index (χ0n) is 11.1. The van der Waals surface area contributed by atoms with Crippen molar-refractivity contribution in [2.75, 3.05) is 10.6 Å². The third-order valence-corrected chi connectivity index (χ3v) is 3.11. The molecule has 0 heterocycles. The van der Waals surface area contributed by atoms with Crippen molar-refractivity contribution >= 4 is 39.1 Å². The average molecular weight is 351 g/mol. The van der Waals surface area contributed by atoms with Gasteiger partial charge in [-0.25, -0.2) is 4.39 Å². The monoisotopic (exact) mass is 350 g/mol. The van der Waals surface area contributed by atoms with Crippen molar-refractivity contribution in [3.8, 4) is 0 Å². The molecule has 0 aliphatic carbocycles. The van der Waals surface area contributed by atoms with Crippen molar-refractivity contribution in [1.29, 1.82) is 0 Å². The summed E-state index contributed by atoms with van der Waals surface area (Å²) in [5.74, 6) is -1.38. The number of hydrogen-bond acceptors (Lipinski definition) is 2. The molecule has 0 bridgehead atoms. The fourth-order valence-electron chi connectivity index (χ4n) is 1.75. The van der Waals surface area contributed by atoms with Gasteiger partial charge in [0, 0.05) is 22.8 Å². The molecule has 0 saturated carbocycles. The number of rotatable bonds is 3. The molecule has 0 aromatic heterocycles. The second-order valence-corrected chi connectivity index (χ2v) is 5.26. The van der Waals surface area contributed by atoms with Crippen molar-refractivity contribution in [3.63, 3.8) is 0 Å². The minimum Gasteiger partial charge on any atom is -0.326 e. The van der Waals surface area contributed by atoms with Gasteiger partial charge in [-0.1, -0.05) is 22.0 Å². The molecule has 2 rings (SSSR count). The van der Waals surface area contributed by atoms with Gasteiger partial charge in [-0.15, -0.1) is 0 Å². The van der Waals surface area contributed by atoms with Gasteiger partial charge >= 0.3 is 0 Å². The molecule has 0 saturated heterocycles. The van der Waals surface area contributed by atoms with Crippen molar-refractivity contribution in [2.24, 2.45) is 0 Å². The number of hydrogen-bond donors (Lipinski definition) is 2. The van der Waals surface area contributed by atoms with Crippen LogP contribution in [0.1, 0.15) is 17.3 Å². The molecule has 0 unspecified atom stereocenters. The van der Waals surface area contributed by atoms with Crippen molar-refractivity contribution in [2.45, 2.75) is 6.92 Å². The molecule has 2 aromatic carbocycles. The molecule has 0 atom stereocenters. The van der Waals surface area contributed by atoms with E-state index in [9.17, 15) is 14.0 Å². The molecule has 4 nitrogen and oxygen atoms in total. The van der Waals surface area contributed by atoms with Crippen LogP contribution in [-0.4, -0.2) is 11.8 Å². The standard InChI is InChI=1S/C15H12BrFN2O2/c1-9(20)18-11-3-2-4-12(8-11)19-15(21)13-7-10(16)5-6-14(13)17/h2-8H,1H3,(H,18,20)(H,19,21). The maximum absolute atomic E-state index is 13.6. The van der Waals surface area contributed by atoms with E-state index >= 15 is 0 Å². The number of carbonyl (C=O) groups is 2. The van der Waals surface area contributed by atoms with E-state index in [4.69, 9.17) is 0 Å². The quantitative estimate of drug-likeness (QED) is 0.884. The van der Waals surface area contributed by atoms with Crippen LogP contribution in [0.2, 0.25) is 0 Å². The molecule has 0 aliphatic heterocycles. The first-order chi connectivity index (χ1) is 9.95. The van der Waals surface area contributed by atoms with Crippen LogP contribution in [0.3, 0.4) is 0 Å². The highest BCUT2D eigenvalue weighted by Crippen LogP contribution is 2.19. The van der Waals surface area contributed by atoms with Gasteiger partial charge in [-0.2, -0.15) is 0 Å². The van der Waals surface area contributed by atoms with Crippen LogP contribution in [0.4, 0.5) is 15.8 Å². The van der Waals surface area contributed by atoms with Crippen LogP contribution < -0.4 is 10.6 Å². The molecule has 2 aromatic rings. The third kappa shape index (κ3) is 4.13. The highest BCUT2D eigenvalue weighted by atomic mass is 79.9. The van der Waals surface area contributed by atoms with Crippen LogP contribution >= 0.6 is 15.9 Å². The summed E-state index contributed by atoms with van der Waals surface area (Å²) in [7, 11) is 0. The zero-order chi connectivity index (χ0) is 15.4. The maximum atomic E-state index is 13.6. The van der Waals surface area contributed by atoms with Crippen molar-refractivity contribution in [1.82, 2.24) is 0 Å². The lowest BCUT2D eigenvalue weighted by molar-refractivity contribution is -0.114. The summed E-state index contributed by atoms with van der Waals surface area (Å²) in [5, 5.41) is 5.20. The number of nitrogens with one attached hydrogen (secondary N) is 2. The lowest BCUT2D eigenvalue weighted by Crippen LogP contribution is -2.14. The van der Waals surface area contributed by atoms with E-state index in [1.165, 1.54) is 25.1 Å². The summed E-state index contributed by atoms with van der Waals surface area (Å²) in [5.41, 5.74) is 0.954. The van der Waals surface area contributed by atoms with Crippen LogP contribution in [0, 0.1) is 5.82 Å². The minimum absolute atomic E-state index is 0.0608. The first-order valence-corrected chi connectivity index (χ1v) is 6.89. The van der Waals surface area contributed by atoms with Crippen LogP contribution in [0.5, 0.6) is 0 Å². The first-order valence-electron chi connectivity index (χ1n) is 6.10. The Morgan fingerprint density at radius 1 is 1.05 bits per heavy atom. The van der Waals surface area contributed by atoms with Gasteiger partial charge in [-0.05, 0) is 36.4 Å². The Kier molecular flexibility index (Phi) is 4.70. The van der Waals surface area contributed by atoms with Gasteiger partial charge in [0.15, 0.2) is 0 Å². The van der Waals surface area contributed by atoms with Gasteiger partial charge in [0.05, 0.1) is 5.56 Å². The molecule has 108 valence electrons. The number of anilines is 2. The Labute approximate surface area is 129 Å². The number of carbonyl (C=O) groups excluding carboxylic acids is 2. The summed E-state index contributed by atoms with van der Waals surface area (Å²) in [6.45, 7) is 1.39. The lowest BCUT2D eigenvalue weighted by Gasteiger charge is -2.08. The summed E-state index contributed by atoms with van der Waals surface area (Å²) >= 11 is 3.19. The second-order valence-electron chi connectivity index (χ2n) is 4.34. The number of halogens is 2. The molecule has 2 N–H and O–H groups in total. The van der Waals surface area contributed by atoms with E-state index in [-0.39, 0.29) is 11.5 Å². The Bertz CT molecular complexity index is 704. The third-order valence-electron chi connectivity index (χ3n) is 2.61. The normalized spacial score (nSPS) is 10.0. The highest BCUT2D eigenvalue weighted by molar-refractivity contribution is 9.10. The summed E-state index contributed by atoms with van der Waals surface area (Å²) in [4.78, 5) is 23.1. The van der Waals surface area contributed by atoms with E-state index in [0.29, 0.717) is 15.8 Å². The fraction of sp³-hybridized carbons (Fsp3) is 0.0667. The molecule has 2 amide bonds. The van der Waals surface area contributed by atoms with E-state index < -0.39 is 11.7 Å². The smallest absolute Gasteiger partial charge is 0.258 e. The van der Waals surface area contributed by atoms with Crippen molar-refractivity contribution in [3.05, 3.63) is 58.3 Å². The average Bonchev–Trinajstić information content (AvgIpc) is 2.41. The molecular weight excluding hydrogens is 339 g/mol. The fourth-order valence-corrected chi connectivity index (χ4v) is 2.11. The largest absolute Gasteiger partial charge is 0.326 e. The topological polar surface area (TPSA) is 58.2 Å². The molecule has 6 heteroatoms. The van der Waals surface area contributed by atoms with Crippen LogP contribution in [-0.2, 0) is 4.79 Å². The maximum Gasteiger partial charge on any atom is 0.258 e. The highest BCUT2D eigenvalue weighted by Gasteiger charge is 2.12. The van der Waals surface area contributed by atoms with Crippen LogP contribution in [0.25, 0.3) is 0 Å². The molecule has 0 fully saturated rings. The lowest BCUT2D eigenvalue weighted by atomic mass is 10.2. The number of benzene rings is 2. The van der Waals surface area contributed by atoms with Crippen LogP contribution in [0.15, 0.2) is 46.9 Å². The van der Waals surface area contributed by atoms with Crippen molar-refractivity contribution < 1.29 is 14.0 Å². The zero-order valence-corrected chi connectivity index (χ0v) is 12.7. The Morgan fingerprint density at radius 3 is 2.38 bits per heavy atom. The Balaban J connectivity index is 2.19. The predicted molar refractivity (Wildman–Crippen MR) is 82.8 cm³/mol. The van der Waals surface area contributed by atoms with E-state index in [1.54, 1.807) is 24.3 Å². The molecule has 0 radical (unpaired) electrons. The molecule has 0 aliphatic rings. The van der Waals surface area contributed by atoms with Gasteiger partial charge in [0.25, 0.3) is 5.91 Å². The first kappa shape index (κ1) is 15.2. The SMILES string of the molecule is CC(=O)Nc1cccc(NC(=O)c2cc(Br)ccc2F)c1. The molecular formula is C15H12BrFN2O2. The van der Waals surface area contributed by atoms with E-state index in [2.05, 4.69) is 26.6 Å². The van der Waals surface area contributed by atoms with Gasteiger partial charge < -0.3 is 10.6 Å². The van der Waals surface area contributed by atoms with E-state index in [1.807, 2.05) is 0 Å².